The van der Waals surface area contributed by atoms with Crippen LogP contribution < -0.4 is 0 Å². The second-order valence-electron chi connectivity index (χ2n) is 1.75. The van der Waals surface area contributed by atoms with Crippen molar-refractivity contribution >= 4 is 38.5 Å². The molecule has 0 spiro atoms. The van der Waals surface area contributed by atoms with Crippen LogP contribution in [0.25, 0.3) is 0 Å². The van der Waals surface area contributed by atoms with E-state index in [9.17, 15) is 0 Å². The van der Waals surface area contributed by atoms with Crippen LogP contribution in [-0.2, 0) is 0 Å². The lowest BCUT2D eigenvalue weighted by Gasteiger charge is -2.14. The molecule has 0 N–H and O–H groups in total. The minimum atomic E-state index is 0.194. The van der Waals surface area contributed by atoms with Gasteiger partial charge in [0.1, 0.15) is 0 Å². The van der Waals surface area contributed by atoms with Gasteiger partial charge in [0.15, 0.2) is 0 Å². The maximum absolute atomic E-state index is 3.54. The van der Waals surface area contributed by atoms with Gasteiger partial charge in [-0.1, -0.05) is 62.8 Å². The lowest BCUT2D eigenvalue weighted by molar-refractivity contribution is 1.05. The molecule has 0 unspecified atom stereocenters. The van der Waals surface area contributed by atoms with Crippen LogP contribution in [0, 0.1) is 0 Å². The van der Waals surface area contributed by atoms with Gasteiger partial charge in [-0.25, -0.2) is 0 Å². The Labute approximate surface area is 71.3 Å². The molecule has 1 rings (SSSR count). The average molecular weight is 285 g/mol. The molecular formula is C6H6BrI. The molecule has 0 fully saturated rings. The minimum Gasteiger partial charge on any atom is -0.0820 e. The predicted octanol–water partition coefficient (Wildman–Crippen LogP) is 3.03. The second kappa shape index (κ2) is 2.52. The predicted molar refractivity (Wildman–Crippen MR) is 48.6 cm³/mol. The minimum absolute atomic E-state index is 0.194. The van der Waals surface area contributed by atoms with E-state index < -0.39 is 0 Å². The summed E-state index contributed by atoms with van der Waals surface area (Å²) in [6.07, 6.45) is 9.52. The summed E-state index contributed by atoms with van der Waals surface area (Å²) in [7, 11) is 0. The van der Waals surface area contributed by atoms with E-state index in [-0.39, 0.29) is 2.33 Å². The van der Waals surface area contributed by atoms with Crippen molar-refractivity contribution in [3.63, 3.8) is 0 Å². The molecule has 0 saturated carbocycles. The van der Waals surface area contributed by atoms with E-state index in [4.69, 9.17) is 0 Å². The van der Waals surface area contributed by atoms with Gasteiger partial charge < -0.3 is 0 Å². The molecule has 0 aromatic rings. The molecule has 0 aromatic carbocycles. The number of alkyl halides is 2. The molecule has 8 heavy (non-hydrogen) atoms. The largest absolute Gasteiger partial charge is 0.0986 e. The van der Waals surface area contributed by atoms with Crippen molar-refractivity contribution in [2.75, 3.05) is 0 Å². The highest BCUT2D eigenvalue weighted by molar-refractivity contribution is 14.1. The smallest absolute Gasteiger partial charge is 0.0820 e. The summed E-state index contributed by atoms with van der Waals surface area (Å²) in [5.74, 6) is 0. The Morgan fingerprint density at radius 2 is 2.25 bits per heavy atom. The van der Waals surface area contributed by atoms with E-state index in [0.29, 0.717) is 0 Å². The zero-order chi connectivity index (χ0) is 6.04. The highest BCUT2D eigenvalue weighted by Gasteiger charge is 2.16. The fraction of sp³-hybridized carbons (Fsp3) is 0.333. The van der Waals surface area contributed by atoms with Crippen LogP contribution in [0.5, 0.6) is 0 Å². The van der Waals surface area contributed by atoms with Crippen molar-refractivity contribution in [3.8, 4) is 0 Å². The highest BCUT2D eigenvalue weighted by Crippen LogP contribution is 2.34. The first-order chi connectivity index (χ1) is 3.71. The SMILES string of the molecule is Br[C@@]1(I)C=CC=CC1. The second-order valence-corrected chi connectivity index (χ2v) is 6.57. The van der Waals surface area contributed by atoms with E-state index in [1.807, 2.05) is 0 Å². The normalized spacial score (nSPS) is 35.8. The summed E-state index contributed by atoms with van der Waals surface area (Å²) in [6.45, 7) is 0. The van der Waals surface area contributed by atoms with Crippen molar-refractivity contribution in [2.24, 2.45) is 0 Å². The monoisotopic (exact) mass is 284 g/mol. The summed E-state index contributed by atoms with van der Waals surface area (Å²) in [6, 6.07) is 0. The zero-order valence-electron chi connectivity index (χ0n) is 4.27. The molecule has 0 aliphatic heterocycles. The van der Waals surface area contributed by atoms with Crippen LogP contribution in [0.3, 0.4) is 0 Å². The summed E-state index contributed by atoms with van der Waals surface area (Å²) in [5.41, 5.74) is 0. The molecule has 0 heterocycles. The molecule has 0 saturated heterocycles. The molecule has 1 aliphatic rings. The first kappa shape index (κ1) is 6.81. The van der Waals surface area contributed by atoms with Crippen LogP contribution in [0.1, 0.15) is 6.42 Å². The Morgan fingerprint density at radius 1 is 1.50 bits per heavy atom. The van der Waals surface area contributed by atoms with Crippen LogP contribution in [0.15, 0.2) is 24.3 Å². The first-order valence-corrected chi connectivity index (χ1v) is 4.30. The topological polar surface area (TPSA) is 0 Å². The van der Waals surface area contributed by atoms with Gasteiger partial charge in [0, 0.05) is 0 Å². The average Bonchev–Trinajstić information content (AvgIpc) is 1.65. The van der Waals surface area contributed by atoms with Gasteiger partial charge in [-0.05, 0) is 6.42 Å². The van der Waals surface area contributed by atoms with Crippen LogP contribution in [0.2, 0.25) is 0 Å². The van der Waals surface area contributed by atoms with Crippen molar-refractivity contribution in [3.05, 3.63) is 24.3 Å². The van der Waals surface area contributed by atoms with E-state index >= 15 is 0 Å². The number of rotatable bonds is 0. The molecule has 0 nitrogen and oxygen atoms in total. The molecule has 0 radical (unpaired) electrons. The number of halogens is 2. The van der Waals surface area contributed by atoms with Gasteiger partial charge in [0.2, 0.25) is 0 Å². The van der Waals surface area contributed by atoms with Gasteiger partial charge in [0.25, 0.3) is 0 Å². The first-order valence-electron chi connectivity index (χ1n) is 2.43. The fourth-order valence-electron chi connectivity index (χ4n) is 0.568. The third-order valence-electron chi connectivity index (χ3n) is 0.977. The Morgan fingerprint density at radius 3 is 2.50 bits per heavy atom. The lowest BCUT2D eigenvalue weighted by atomic mass is 10.2. The molecule has 44 valence electrons. The Bertz CT molecular complexity index is 135. The standard InChI is InChI=1S/C6H6BrI/c7-6(8)4-2-1-3-5-6/h1-4H,5H2/t6-/m1/s1. The highest BCUT2D eigenvalue weighted by atomic mass is 127. The van der Waals surface area contributed by atoms with Crippen molar-refractivity contribution in [2.45, 2.75) is 8.75 Å². The molecule has 0 aromatic heterocycles. The van der Waals surface area contributed by atoms with Gasteiger partial charge in [0.05, 0.1) is 2.33 Å². The Hall–Kier alpha value is 0.690. The van der Waals surface area contributed by atoms with Gasteiger partial charge in [-0.3, -0.25) is 0 Å². The summed E-state index contributed by atoms with van der Waals surface area (Å²) in [5, 5.41) is 0. The number of allylic oxidation sites excluding steroid dienone is 4. The maximum atomic E-state index is 3.54. The zero-order valence-corrected chi connectivity index (χ0v) is 8.02. The molecular weight excluding hydrogens is 279 g/mol. The van der Waals surface area contributed by atoms with Crippen LogP contribution >= 0.6 is 38.5 Å². The molecule has 1 aliphatic carbocycles. The summed E-state index contributed by atoms with van der Waals surface area (Å²) in [4.78, 5) is 0. The van der Waals surface area contributed by atoms with Gasteiger partial charge >= 0.3 is 0 Å². The summed E-state index contributed by atoms with van der Waals surface area (Å²) < 4.78 is 0.194. The van der Waals surface area contributed by atoms with Crippen LogP contribution in [0.4, 0.5) is 0 Å². The molecule has 0 amide bonds. The van der Waals surface area contributed by atoms with Gasteiger partial charge in [-0.2, -0.15) is 0 Å². The summed E-state index contributed by atoms with van der Waals surface area (Å²) >= 11 is 5.91. The van der Waals surface area contributed by atoms with Crippen molar-refractivity contribution in [1.82, 2.24) is 0 Å². The van der Waals surface area contributed by atoms with Crippen LogP contribution in [-0.4, -0.2) is 2.33 Å². The van der Waals surface area contributed by atoms with E-state index in [1.54, 1.807) is 0 Å². The number of hydrogen-bond donors (Lipinski definition) is 0. The molecule has 2 heteroatoms. The quantitative estimate of drug-likeness (QED) is 0.474. The fourth-order valence-corrected chi connectivity index (χ4v) is 1.37. The third kappa shape index (κ3) is 1.90. The molecule has 0 bridgehead atoms. The maximum Gasteiger partial charge on any atom is 0.0986 e. The van der Waals surface area contributed by atoms with Crippen molar-refractivity contribution < 1.29 is 0 Å². The third-order valence-corrected chi connectivity index (χ3v) is 2.37. The lowest BCUT2D eigenvalue weighted by Crippen LogP contribution is -2.05. The van der Waals surface area contributed by atoms with Gasteiger partial charge in [-0.15, -0.1) is 0 Å². The Balaban J connectivity index is 2.65. The Kier molecular flexibility index (Phi) is 2.14. The molecule has 1 atom stereocenters. The number of hydrogen-bond acceptors (Lipinski definition) is 0. The van der Waals surface area contributed by atoms with Crippen molar-refractivity contribution in [1.29, 1.82) is 0 Å². The van der Waals surface area contributed by atoms with E-state index in [1.165, 1.54) is 0 Å². The van der Waals surface area contributed by atoms with E-state index in [2.05, 4.69) is 62.8 Å². The van der Waals surface area contributed by atoms with E-state index in [0.717, 1.165) is 6.42 Å².